The monoisotopic (exact) mass is 305 g/mol. The van der Waals surface area contributed by atoms with Crippen LogP contribution in [0.4, 0.5) is 5.69 Å². The lowest BCUT2D eigenvalue weighted by atomic mass is 10.1. The van der Waals surface area contributed by atoms with Gasteiger partial charge in [0.2, 0.25) is 5.91 Å². The summed E-state index contributed by atoms with van der Waals surface area (Å²) in [7, 11) is 1.24. The highest BCUT2D eigenvalue weighted by Gasteiger charge is 2.22. The topological polar surface area (TPSA) is 64.6 Å². The first kappa shape index (κ1) is 15.6. The molecule has 1 amide bonds. The van der Waals surface area contributed by atoms with E-state index < -0.39 is 5.97 Å². The first-order valence-electron chi connectivity index (χ1n) is 5.43. The van der Waals surface area contributed by atoms with Gasteiger partial charge in [-0.2, -0.15) is 0 Å². The van der Waals surface area contributed by atoms with Gasteiger partial charge in [0.15, 0.2) is 5.75 Å². The number of anilines is 1. The van der Waals surface area contributed by atoms with Crippen LogP contribution in [0.5, 0.6) is 5.75 Å². The Morgan fingerprint density at radius 3 is 2.47 bits per heavy atom. The molecule has 104 valence electrons. The van der Waals surface area contributed by atoms with Gasteiger partial charge < -0.3 is 14.8 Å². The molecule has 0 heterocycles. The minimum Gasteiger partial charge on any atom is -0.491 e. The number of amides is 1. The number of carbonyl (C=O) groups is 2. The molecule has 1 rings (SSSR count). The second kappa shape index (κ2) is 6.63. The van der Waals surface area contributed by atoms with Crippen LogP contribution in [0.15, 0.2) is 6.07 Å². The molecule has 0 fully saturated rings. The third kappa shape index (κ3) is 3.52. The normalized spacial score (nSPS) is 9.95. The maximum Gasteiger partial charge on any atom is 0.341 e. The molecule has 5 nitrogen and oxygen atoms in total. The maximum absolute atomic E-state index is 11.6. The summed E-state index contributed by atoms with van der Waals surface area (Å²) >= 11 is 12.1. The minimum atomic E-state index is -0.623. The second-order valence-corrected chi connectivity index (χ2v) is 4.32. The Hall–Kier alpha value is -1.46. The van der Waals surface area contributed by atoms with Gasteiger partial charge in [-0.3, -0.25) is 4.79 Å². The molecule has 7 heteroatoms. The van der Waals surface area contributed by atoms with Crippen molar-refractivity contribution >= 4 is 40.8 Å². The Morgan fingerprint density at radius 1 is 1.37 bits per heavy atom. The van der Waals surface area contributed by atoms with Gasteiger partial charge in [-0.25, -0.2) is 4.79 Å². The fourth-order valence-corrected chi connectivity index (χ4v) is 2.04. The number of hydrogen-bond acceptors (Lipinski definition) is 4. The summed E-state index contributed by atoms with van der Waals surface area (Å²) in [5.74, 6) is -0.831. The maximum atomic E-state index is 11.6. The molecule has 1 aromatic rings. The van der Waals surface area contributed by atoms with Crippen LogP contribution in [0, 0.1) is 0 Å². The van der Waals surface area contributed by atoms with Crippen LogP contribution in [0.3, 0.4) is 0 Å². The van der Waals surface area contributed by atoms with E-state index in [-0.39, 0.29) is 33.0 Å². The van der Waals surface area contributed by atoms with Gasteiger partial charge in [0.1, 0.15) is 10.6 Å². The van der Waals surface area contributed by atoms with Crippen LogP contribution in [0.25, 0.3) is 0 Å². The van der Waals surface area contributed by atoms with Crippen LogP contribution in [-0.4, -0.2) is 25.6 Å². The van der Waals surface area contributed by atoms with Crippen molar-refractivity contribution in [3.63, 3.8) is 0 Å². The number of methoxy groups -OCH3 is 1. The van der Waals surface area contributed by atoms with Crippen molar-refractivity contribution in [3.8, 4) is 5.75 Å². The predicted molar refractivity (Wildman–Crippen MR) is 73.3 cm³/mol. The molecule has 0 aliphatic carbocycles. The van der Waals surface area contributed by atoms with Crippen molar-refractivity contribution < 1.29 is 19.1 Å². The van der Waals surface area contributed by atoms with Crippen molar-refractivity contribution in [2.45, 2.75) is 13.8 Å². The van der Waals surface area contributed by atoms with Crippen LogP contribution < -0.4 is 10.1 Å². The third-order valence-corrected chi connectivity index (χ3v) is 2.83. The summed E-state index contributed by atoms with van der Waals surface area (Å²) in [6, 6.07) is 1.34. The van der Waals surface area contributed by atoms with Crippen molar-refractivity contribution in [3.05, 3.63) is 21.7 Å². The van der Waals surface area contributed by atoms with Gasteiger partial charge in [-0.15, -0.1) is 0 Å². The van der Waals surface area contributed by atoms with Crippen LogP contribution >= 0.6 is 23.2 Å². The molecular formula is C12H13Cl2NO4. The largest absolute Gasteiger partial charge is 0.491 e. The number of benzene rings is 1. The van der Waals surface area contributed by atoms with E-state index in [9.17, 15) is 9.59 Å². The highest BCUT2D eigenvalue weighted by Crippen LogP contribution is 2.41. The van der Waals surface area contributed by atoms with Gasteiger partial charge in [-0.1, -0.05) is 23.2 Å². The summed E-state index contributed by atoms with van der Waals surface area (Å²) in [5, 5.41) is 2.68. The summed E-state index contributed by atoms with van der Waals surface area (Å²) < 4.78 is 9.96. The Bertz CT molecular complexity index is 517. The van der Waals surface area contributed by atoms with E-state index in [0.29, 0.717) is 6.61 Å². The molecule has 0 aromatic heterocycles. The number of ether oxygens (including phenoxy) is 2. The van der Waals surface area contributed by atoms with Gasteiger partial charge in [-0.05, 0) is 13.0 Å². The third-order valence-electron chi connectivity index (χ3n) is 2.17. The zero-order chi connectivity index (χ0) is 14.6. The lowest BCUT2D eigenvalue weighted by Gasteiger charge is -2.15. The van der Waals surface area contributed by atoms with Crippen LogP contribution in [0.2, 0.25) is 10.0 Å². The van der Waals surface area contributed by atoms with E-state index in [1.54, 1.807) is 6.92 Å². The molecule has 0 saturated heterocycles. The molecule has 0 unspecified atom stereocenters. The first-order chi connectivity index (χ1) is 8.92. The van der Waals surface area contributed by atoms with E-state index in [1.807, 2.05) is 0 Å². The summed E-state index contributed by atoms with van der Waals surface area (Å²) in [6.45, 7) is 3.36. The molecule has 0 bridgehead atoms. The zero-order valence-corrected chi connectivity index (χ0v) is 12.2. The van der Waals surface area contributed by atoms with Gasteiger partial charge in [0.05, 0.1) is 24.4 Å². The Kier molecular flexibility index (Phi) is 5.44. The molecule has 1 N–H and O–H groups in total. The number of halogens is 2. The smallest absolute Gasteiger partial charge is 0.341 e. The van der Waals surface area contributed by atoms with Gasteiger partial charge in [0.25, 0.3) is 0 Å². The number of hydrogen-bond donors (Lipinski definition) is 1. The average Bonchev–Trinajstić information content (AvgIpc) is 2.36. The lowest BCUT2D eigenvalue weighted by Crippen LogP contribution is -2.11. The van der Waals surface area contributed by atoms with E-state index in [1.165, 1.54) is 20.1 Å². The SMILES string of the molecule is CCOc1c(C(=O)OC)cc(Cl)c(NC(C)=O)c1Cl. The number of nitrogens with one attached hydrogen (secondary N) is 1. The fourth-order valence-electron chi connectivity index (χ4n) is 1.44. The molecule has 1 aromatic carbocycles. The Balaban J connectivity index is 3.44. The van der Waals surface area contributed by atoms with E-state index in [2.05, 4.69) is 10.1 Å². The summed E-state index contributed by atoms with van der Waals surface area (Å²) in [5.41, 5.74) is 0.306. The van der Waals surface area contributed by atoms with Crippen molar-refractivity contribution in [2.24, 2.45) is 0 Å². The highest BCUT2D eigenvalue weighted by molar-refractivity contribution is 6.41. The Morgan fingerprint density at radius 2 is 2.00 bits per heavy atom. The molecule has 0 aliphatic rings. The highest BCUT2D eigenvalue weighted by atomic mass is 35.5. The van der Waals surface area contributed by atoms with Gasteiger partial charge in [0, 0.05) is 6.92 Å². The van der Waals surface area contributed by atoms with Crippen LogP contribution in [-0.2, 0) is 9.53 Å². The van der Waals surface area contributed by atoms with E-state index >= 15 is 0 Å². The number of carbonyl (C=O) groups excluding carboxylic acids is 2. The molecule has 19 heavy (non-hydrogen) atoms. The first-order valence-corrected chi connectivity index (χ1v) is 6.18. The van der Waals surface area contributed by atoms with Gasteiger partial charge >= 0.3 is 5.97 Å². The predicted octanol–water partition coefficient (Wildman–Crippen LogP) is 3.14. The molecular weight excluding hydrogens is 293 g/mol. The average molecular weight is 306 g/mol. The standard InChI is InChI=1S/C12H13Cl2NO4/c1-4-19-11-7(12(17)18-3)5-8(13)10(9(11)14)15-6(2)16/h5H,4H2,1-3H3,(H,15,16). The van der Waals surface area contributed by atoms with E-state index in [0.717, 1.165) is 0 Å². The second-order valence-electron chi connectivity index (χ2n) is 3.53. The fraction of sp³-hybridized carbons (Fsp3) is 0.333. The number of esters is 1. The molecule has 0 atom stereocenters. The summed E-state index contributed by atoms with van der Waals surface area (Å²) in [6.07, 6.45) is 0. The lowest BCUT2D eigenvalue weighted by molar-refractivity contribution is -0.114. The van der Waals surface area contributed by atoms with Crippen molar-refractivity contribution in [2.75, 3.05) is 19.0 Å². The molecule has 0 radical (unpaired) electrons. The van der Waals surface area contributed by atoms with E-state index in [4.69, 9.17) is 27.9 Å². The zero-order valence-electron chi connectivity index (χ0n) is 10.7. The molecule has 0 aliphatic heterocycles. The number of rotatable bonds is 4. The molecule has 0 saturated carbocycles. The minimum absolute atomic E-state index is 0.0601. The quantitative estimate of drug-likeness (QED) is 0.868. The Labute approximate surface area is 120 Å². The summed E-state index contributed by atoms with van der Waals surface area (Å²) in [4.78, 5) is 22.7. The van der Waals surface area contributed by atoms with Crippen LogP contribution in [0.1, 0.15) is 24.2 Å². The van der Waals surface area contributed by atoms with Crippen molar-refractivity contribution in [1.29, 1.82) is 0 Å². The molecule has 0 spiro atoms. The van der Waals surface area contributed by atoms with Crippen molar-refractivity contribution in [1.82, 2.24) is 0 Å².